The third kappa shape index (κ3) is 5.92. The number of hydrogen-bond acceptors (Lipinski definition) is 4. The number of ketones is 1. The van der Waals surface area contributed by atoms with Gasteiger partial charge in [0.15, 0.2) is 17.3 Å². The van der Waals surface area contributed by atoms with E-state index >= 15 is 0 Å². The Morgan fingerprint density at radius 2 is 1.86 bits per heavy atom. The maximum atomic E-state index is 13.5. The lowest BCUT2D eigenvalue weighted by Gasteiger charge is -2.44. The van der Waals surface area contributed by atoms with Gasteiger partial charge in [0.25, 0.3) is 0 Å². The minimum absolute atomic E-state index is 0.142. The number of carbonyl (C=O) groups excluding carboxylic acids is 1. The fraction of sp³-hybridized carbons (Fsp3) is 0.448. The zero-order valence-electron chi connectivity index (χ0n) is 21.6. The molecule has 0 aromatic heterocycles. The van der Waals surface area contributed by atoms with Gasteiger partial charge >= 0.3 is 0 Å². The van der Waals surface area contributed by atoms with Crippen LogP contribution in [0, 0.1) is 17.2 Å². The van der Waals surface area contributed by atoms with Crippen LogP contribution in [0.15, 0.2) is 59.7 Å². The van der Waals surface area contributed by atoms with E-state index in [2.05, 4.69) is 32.3 Å². The Kier molecular flexibility index (Phi) is 8.71. The van der Waals surface area contributed by atoms with Crippen LogP contribution in [0.4, 0.5) is 4.39 Å². The highest BCUT2D eigenvalue weighted by Gasteiger charge is 2.43. The molecule has 2 heterocycles. The Balaban J connectivity index is 0.00000167. The van der Waals surface area contributed by atoms with Gasteiger partial charge in [-0.3, -0.25) is 4.79 Å². The molecule has 2 aromatic rings. The highest BCUT2D eigenvalue weighted by atomic mass is 19.1. The normalized spacial score (nSPS) is 21.3. The van der Waals surface area contributed by atoms with E-state index in [0.717, 1.165) is 43.0 Å². The minimum atomic E-state index is -0.464. The molecular weight excluding hydrogens is 443 g/mol. The van der Waals surface area contributed by atoms with Crippen molar-refractivity contribution in [3.05, 3.63) is 71.7 Å². The molecule has 1 saturated heterocycles. The van der Waals surface area contributed by atoms with Crippen molar-refractivity contribution in [2.75, 3.05) is 19.9 Å². The highest BCUT2D eigenvalue weighted by Crippen LogP contribution is 2.41. The summed E-state index contributed by atoms with van der Waals surface area (Å²) < 4.78 is 24.0. The van der Waals surface area contributed by atoms with E-state index in [0.29, 0.717) is 23.5 Å². The van der Waals surface area contributed by atoms with Crippen molar-refractivity contribution < 1.29 is 18.7 Å². The van der Waals surface area contributed by atoms with Gasteiger partial charge in [-0.25, -0.2) is 9.38 Å². The Morgan fingerprint density at radius 3 is 2.51 bits per heavy atom. The summed E-state index contributed by atoms with van der Waals surface area (Å²) in [6, 6.07) is 11.9. The number of Topliss-reactive ketones (excluding diaryl/α,β-unsaturated/α-hetero) is 1. The van der Waals surface area contributed by atoms with E-state index in [1.54, 1.807) is 18.2 Å². The lowest BCUT2D eigenvalue weighted by Crippen LogP contribution is -2.50. The number of ether oxygens (including phenoxy) is 2. The van der Waals surface area contributed by atoms with Gasteiger partial charge in [-0.05, 0) is 48.2 Å². The second-order valence-electron chi connectivity index (χ2n) is 9.16. The number of rotatable bonds is 6. The highest BCUT2D eigenvalue weighted by molar-refractivity contribution is 6.01. The maximum absolute atomic E-state index is 13.5. The van der Waals surface area contributed by atoms with Crippen LogP contribution in [0.25, 0.3) is 0 Å². The molecule has 0 aliphatic carbocycles. The summed E-state index contributed by atoms with van der Waals surface area (Å²) in [5, 5.41) is 0. The van der Waals surface area contributed by atoms with Crippen molar-refractivity contribution in [2.24, 2.45) is 16.3 Å². The van der Waals surface area contributed by atoms with E-state index in [4.69, 9.17) is 14.5 Å². The van der Waals surface area contributed by atoms with E-state index < -0.39 is 5.41 Å². The molecule has 4 rings (SSSR count). The predicted molar refractivity (Wildman–Crippen MR) is 139 cm³/mol. The number of fused-ring (bicyclic) bond motifs is 1. The molecule has 5 nitrogen and oxygen atoms in total. The van der Waals surface area contributed by atoms with Crippen molar-refractivity contribution in [2.45, 2.75) is 53.9 Å². The molecule has 0 saturated carbocycles. The predicted octanol–water partition coefficient (Wildman–Crippen LogP) is 6.68. The Bertz CT molecular complexity index is 1080. The van der Waals surface area contributed by atoms with Crippen LogP contribution in [-0.4, -0.2) is 36.4 Å². The fourth-order valence-electron chi connectivity index (χ4n) is 4.61. The van der Waals surface area contributed by atoms with Gasteiger partial charge < -0.3 is 14.4 Å². The topological polar surface area (TPSA) is 51.1 Å². The zero-order chi connectivity index (χ0) is 25.6. The van der Waals surface area contributed by atoms with Gasteiger partial charge in [0.1, 0.15) is 11.7 Å². The first-order valence-corrected chi connectivity index (χ1v) is 12.5. The van der Waals surface area contributed by atoms with Crippen molar-refractivity contribution in [3.8, 4) is 11.5 Å². The quantitative estimate of drug-likeness (QED) is 0.263. The van der Waals surface area contributed by atoms with Gasteiger partial charge in [0.05, 0.1) is 0 Å². The number of halogens is 1. The molecule has 0 amide bonds. The fourth-order valence-corrected chi connectivity index (χ4v) is 4.61. The maximum Gasteiger partial charge on any atom is 0.231 e. The number of nitrogens with zero attached hydrogens (tertiary/aromatic N) is 2. The second-order valence-corrected chi connectivity index (χ2v) is 9.16. The molecule has 1 fully saturated rings. The van der Waals surface area contributed by atoms with Crippen LogP contribution < -0.4 is 9.47 Å². The number of carbonyl (C=O) groups is 1. The summed E-state index contributed by atoms with van der Waals surface area (Å²) >= 11 is 0. The Morgan fingerprint density at radius 1 is 1.17 bits per heavy atom. The molecule has 2 unspecified atom stereocenters. The van der Waals surface area contributed by atoms with Gasteiger partial charge in [-0.2, -0.15) is 0 Å². The first kappa shape index (κ1) is 26.5. The van der Waals surface area contributed by atoms with Crippen LogP contribution in [0.3, 0.4) is 0 Å². The smallest absolute Gasteiger partial charge is 0.231 e. The van der Waals surface area contributed by atoms with Crippen molar-refractivity contribution >= 4 is 11.6 Å². The number of amidine groups is 1. The lowest BCUT2D eigenvalue weighted by atomic mass is 9.68. The van der Waals surface area contributed by atoms with Crippen LogP contribution in [-0.2, 0) is 6.42 Å². The average molecular weight is 481 g/mol. The zero-order valence-corrected chi connectivity index (χ0v) is 21.6. The molecule has 2 aliphatic rings. The van der Waals surface area contributed by atoms with Gasteiger partial charge in [-0.15, -0.1) is 0 Å². The average Bonchev–Trinajstić information content (AvgIpc) is 3.34. The summed E-state index contributed by atoms with van der Waals surface area (Å²) in [5.41, 5.74) is 1.93. The molecule has 0 N–H and O–H groups in total. The molecule has 2 aliphatic heterocycles. The van der Waals surface area contributed by atoms with Crippen LogP contribution in [0.1, 0.15) is 63.4 Å². The number of aliphatic imine (C=N–C) groups is 1. The Labute approximate surface area is 208 Å². The number of allylic oxidation sites excluding steroid dienone is 1. The summed E-state index contributed by atoms with van der Waals surface area (Å²) in [6.45, 7) is 16.1. The summed E-state index contributed by atoms with van der Waals surface area (Å²) in [7, 11) is 0. The Hall–Kier alpha value is -3.15. The lowest BCUT2D eigenvalue weighted by molar-refractivity contribution is 0.0542. The SMILES string of the molecule is C=C(Cc1ccc(F)cc1)N=C(CC)N1CCC(C)(C(=O)c2ccc3c(c2)OCO3)C(C)C1.CC. The number of hydrogen-bond donors (Lipinski definition) is 0. The van der Waals surface area contributed by atoms with Crippen LogP contribution in [0.5, 0.6) is 11.5 Å². The molecule has 35 heavy (non-hydrogen) atoms. The molecule has 0 spiro atoms. The van der Waals surface area contributed by atoms with Gasteiger partial charge in [0.2, 0.25) is 6.79 Å². The van der Waals surface area contributed by atoms with Crippen LogP contribution in [0.2, 0.25) is 0 Å². The standard InChI is InChI=1S/C27H31FN2O3.C2H6/c1-5-25(29-19(3)14-20-6-9-22(28)10-7-20)30-13-12-27(4,18(2)16-30)26(31)21-8-11-23-24(15-21)33-17-32-23;1-2/h6-11,15,18H,3,5,12-14,16-17H2,1-2,4H3;1-2H3. The molecular formula is C29H37FN2O3. The van der Waals surface area contributed by atoms with Gasteiger partial charge in [-0.1, -0.05) is 53.3 Å². The van der Waals surface area contributed by atoms with Crippen molar-refractivity contribution in [1.82, 2.24) is 4.90 Å². The summed E-state index contributed by atoms with van der Waals surface area (Å²) in [4.78, 5) is 20.6. The molecule has 2 atom stereocenters. The third-order valence-electron chi connectivity index (χ3n) is 6.93. The summed E-state index contributed by atoms with van der Waals surface area (Å²) in [6.07, 6.45) is 2.10. The third-order valence-corrected chi connectivity index (χ3v) is 6.93. The molecule has 2 aromatic carbocycles. The second kappa shape index (κ2) is 11.5. The molecule has 0 radical (unpaired) electrons. The van der Waals surface area contributed by atoms with E-state index in [-0.39, 0.29) is 24.3 Å². The first-order chi connectivity index (χ1) is 16.8. The van der Waals surface area contributed by atoms with Gasteiger partial charge in [0, 0.05) is 42.6 Å². The van der Waals surface area contributed by atoms with Crippen molar-refractivity contribution in [3.63, 3.8) is 0 Å². The molecule has 6 heteroatoms. The number of piperidine rings is 1. The molecule has 0 bridgehead atoms. The number of benzene rings is 2. The van der Waals surface area contributed by atoms with Crippen LogP contribution >= 0.6 is 0 Å². The largest absolute Gasteiger partial charge is 0.454 e. The summed E-state index contributed by atoms with van der Waals surface area (Å²) in [5.74, 6) is 2.34. The minimum Gasteiger partial charge on any atom is -0.454 e. The van der Waals surface area contributed by atoms with E-state index in [1.807, 2.05) is 26.0 Å². The monoisotopic (exact) mass is 480 g/mol. The van der Waals surface area contributed by atoms with E-state index in [9.17, 15) is 9.18 Å². The number of likely N-dealkylation sites (tertiary alicyclic amines) is 1. The van der Waals surface area contributed by atoms with E-state index in [1.165, 1.54) is 12.1 Å². The molecule has 188 valence electrons. The first-order valence-electron chi connectivity index (χ1n) is 12.5. The van der Waals surface area contributed by atoms with Crippen molar-refractivity contribution in [1.29, 1.82) is 0 Å².